The molecule has 1 aromatic rings. The van der Waals surface area contributed by atoms with Crippen LogP contribution in [0.5, 0.6) is 0 Å². The zero-order valence-corrected chi connectivity index (χ0v) is 10.2. The Balaban J connectivity index is 1.86. The largest absolute Gasteiger partial charge is 0.370 e. The predicted octanol–water partition coefficient (Wildman–Crippen LogP) is 1.70. The third kappa shape index (κ3) is 3.86. The molecule has 1 aliphatic rings. The van der Waals surface area contributed by atoms with E-state index in [0.717, 1.165) is 13.0 Å². The van der Waals surface area contributed by atoms with Crippen LogP contribution in [0.2, 0.25) is 0 Å². The Morgan fingerprint density at radius 2 is 1.71 bits per heavy atom. The van der Waals surface area contributed by atoms with Gasteiger partial charge >= 0.3 is 0 Å². The van der Waals surface area contributed by atoms with Gasteiger partial charge < -0.3 is 5.73 Å². The summed E-state index contributed by atoms with van der Waals surface area (Å²) in [6.45, 7) is 3.50. The molecule has 1 aromatic carbocycles. The Labute approximate surface area is 103 Å². The molecule has 1 heterocycles. The molecule has 1 saturated heterocycles. The van der Waals surface area contributed by atoms with Crippen LogP contribution >= 0.6 is 0 Å². The number of aryl methyl sites for hydroxylation is 1. The van der Waals surface area contributed by atoms with E-state index in [9.17, 15) is 4.79 Å². The molecular weight excluding hydrogens is 212 g/mol. The second kappa shape index (κ2) is 5.82. The van der Waals surface area contributed by atoms with Crippen LogP contribution in [0, 0.1) is 0 Å². The second-order valence-electron chi connectivity index (χ2n) is 4.77. The standard InChI is InChI=1S/C14H20N2O/c15-14(17)8-7-12-3-5-13(6-4-12)11-16-9-1-2-10-16/h3-6H,1-2,7-11H2,(H2,15,17). The average Bonchev–Trinajstić information content (AvgIpc) is 2.81. The van der Waals surface area contributed by atoms with E-state index in [2.05, 4.69) is 29.2 Å². The summed E-state index contributed by atoms with van der Waals surface area (Å²) in [5, 5.41) is 0. The van der Waals surface area contributed by atoms with Crippen molar-refractivity contribution < 1.29 is 4.79 Å². The summed E-state index contributed by atoms with van der Waals surface area (Å²) < 4.78 is 0. The summed E-state index contributed by atoms with van der Waals surface area (Å²) in [6.07, 6.45) is 3.85. The van der Waals surface area contributed by atoms with Gasteiger partial charge in [-0.15, -0.1) is 0 Å². The number of rotatable bonds is 5. The van der Waals surface area contributed by atoms with Crippen LogP contribution in [-0.4, -0.2) is 23.9 Å². The maximum absolute atomic E-state index is 10.7. The van der Waals surface area contributed by atoms with Gasteiger partial charge in [0.15, 0.2) is 0 Å². The lowest BCUT2D eigenvalue weighted by Gasteiger charge is -2.14. The molecule has 2 rings (SSSR count). The molecular formula is C14H20N2O. The second-order valence-corrected chi connectivity index (χ2v) is 4.77. The van der Waals surface area contributed by atoms with Crippen molar-refractivity contribution in [2.24, 2.45) is 5.73 Å². The van der Waals surface area contributed by atoms with Crippen LogP contribution in [0.1, 0.15) is 30.4 Å². The van der Waals surface area contributed by atoms with E-state index in [0.29, 0.717) is 6.42 Å². The molecule has 3 nitrogen and oxygen atoms in total. The van der Waals surface area contributed by atoms with Gasteiger partial charge in [-0.1, -0.05) is 24.3 Å². The predicted molar refractivity (Wildman–Crippen MR) is 68.5 cm³/mol. The highest BCUT2D eigenvalue weighted by molar-refractivity contribution is 5.73. The van der Waals surface area contributed by atoms with Crippen LogP contribution in [0.3, 0.4) is 0 Å². The summed E-state index contributed by atoms with van der Waals surface area (Å²) in [5.41, 5.74) is 7.68. The lowest BCUT2D eigenvalue weighted by Crippen LogP contribution is -2.18. The minimum atomic E-state index is -0.230. The van der Waals surface area contributed by atoms with Gasteiger partial charge in [0.25, 0.3) is 0 Å². The van der Waals surface area contributed by atoms with Crippen molar-refractivity contribution >= 4 is 5.91 Å². The van der Waals surface area contributed by atoms with E-state index in [1.807, 2.05) is 0 Å². The average molecular weight is 232 g/mol. The molecule has 0 spiro atoms. The van der Waals surface area contributed by atoms with E-state index in [4.69, 9.17) is 5.73 Å². The van der Waals surface area contributed by atoms with Crippen molar-refractivity contribution in [1.82, 2.24) is 4.90 Å². The van der Waals surface area contributed by atoms with E-state index in [1.165, 1.54) is 37.1 Å². The zero-order valence-electron chi connectivity index (χ0n) is 10.2. The SMILES string of the molecule is NC(=O)CCc1ccc(CN2CCCC2)cc1. The molecule has 0 saturated carbocycles. The molecule has 1 amide bonds. The molecule has 2 N–H and O–H groups in total. The van der Waals surface area contributed by atoms with Crippen molar-refractivity contribution in [1.29, 1.82) is 0 Å². The first kappa shape index (κ1) is 12.1. The summed E-state index contributed by atoms with van der Waals surface area (Å²) in [7, 11) is 0. The molecule has 3 heteroatoms. The fourth-order valence-corrected chi connectivity index (χ4v) is 2.28. The van der Waals surface area contributed by atoms with Gasteiger partial charge in [-0.3, -0.25) is 9.69 Å². The smallest absolute Gasteiger partial charge is 0.217 e. The minimum Gasteiger partial charge on any atom is -0.370 e. The van der Waals surface area contributed by atoms with Gasteiger partial charge in [0.1, 0.15) is 0 Å². The maximum Gasteiger partial charge on any atom is 0.217 e. The zero-order chi connectivity index (χ0) is 12.1. The van der Waals surface area contributed by atoms with Crippen molar-refractivity contribution in [3.05, 3.63) is 35.4 Å². The molecule has 1 aliphatic heterocycles. The molecule has 0 radical (unpaired) electrons. The number of nitrogens with two attached hydrogens (primary N) is 1. The molecule has 92 valence electrons. The van der Waals surface area contributed by atoms with Gasteiger partial charge in [0.2, 0.25) is 5.91 Å². The van der Waals surface area contributed by atoms with Crippen LogP contribution in [-0.2, 0) is 17.8 Å². The van der Waals surface area contributed by atoms with E-state index < -0.39 is 0 Å². The Bertz CT molecular complexity index is 366. The number of benzene rings is 1. The Kier molecular flexibility index (Phi) is 4.15. The van der Waals surface area contributed by atoms with Crippen molar-refractivity contribution in [3.8, 4) is 0 Å². The number of hydrogen-bond acceptors (Lipinski definition) is 2. The maximum atomic E-state index is 10.7. The van der Waals surface area contributed by atoms with Crippen LogP contribution in [0.4, 0.5) is 0 Å². The van der Waals surface area contributed by atoms with Gasteiger partial charge in [0, 0.05) is 13.0 Å². The first-order valence-electron chi connectivity index (χ1n) is 6.32. The highest BCUT2D eigenvalue weighted by Gasteiger charge is 2.11. The third-order valence-electron chi connectivity index (χ3n) is 3.29. The van der Waals surface area contributed by atoms with Crippen LogP contribution in [0.25, 0.3) is 0 Å². The van der Waals surface area contributed by atoms with Gasteiger partial charge in [-0.05, 0) is 43.5 Å². The van der Waals surface area contributed by atoms with E-state index in [1.54, 1.807) is 0 Å². The van der Waals surface area contributed by atoms with Crippen molar-refractivity contribution in [2.45, 2.75) is 32.2 Å². The monoisotopic (exact) mass is 232 g/mol. The quantitative estimate of drug-likeness (QED) is 0.840. The summed E-state index contributed by atoms with van der Waals surface area (Å²) >= 11 is 0. The van der Waals surface area contributed by atoms with E-state index >= 15 is 0 Å². The lowest BCUT2D eigenvalue weighted by atomic mass is 10.1. The lowest BCUT2D eigenvalue weighted by molar-refractivity contribution is -0.117. The molecule has 0 aliphatic carbocycles. The van der Waals surface area contributed by atoms with E-state index in [-0.39, 0.29) is 5.91 Å². The summed E-state index contributed by atoms with van der Waals surface area (Å²) in [5.74, 6) is -0.230. The number of nitrogens with zero attached hydrogens (tertiary/aromatic N) is 1. The number of carbonyl (C=O) groups is 1. The highest BCUT2D eigenvalue weighted by atomic mass is 16.1. The molecule has 0 unspecified atom stereocenters. The summed E-state index contributed by atoms with van der Waals surface area (Å²) in [6, 6.07) is 8.53. The van der Waals surface area contributed by atoms with Crippen LogP contribution < -0.4 is 5.73 Å². The fourth-order valence-electron chi connectivity index (χ4n) is 2.28. The molecule has 1 fully saturated rings. The van der Waals surface area contributed by atoms with Crippen LogP contribution in [0.15, 0.2) is 24.3 Å². The first-order valence-corrected chi connectivity index (χ1v) is 6.32. The number of likely N-dealkylation sites (tertiary alicyclic amines) is 1. The minimum absolute atomic E-state index is 0.230. The molecule has 17 heavy (non-hydrogen) atoms. The first-order chi connectivity index (χ1) is 8.24. The fraction of sp³-hybridized carbons (Fsp3) is 0.500. The number of amides is 1. The Morgan fingerprint density at radius 1 is 1.12 bits per heavy atom. The third-order valence-corrected chi connectivity index (χ3v) is 3.29. The summed E-state index contributed by atoms with van der Waals surface area (Å²) in [4.78, 5) is 13.2. The molecule has 0 atom stereocenters. The normalized spacial score (nSPS) is 16.2. The molecule has 0 bridgehead atoms. The number of hydrogen-bond donors (Lipinski definition) is 1. The number of carbonyl (C=O) groups excluding carboxylic acids is 1. The van der Waals surface area contributed by atoms with Gasteiger partial charge in [-0.2, -0.15) is 0 Å². The Morgan fingerprint density at radius 3 is 2.29 bits per heavy atom. The highest BCUT2D eigenvalue weighted by Crippen LogP contribution is 2.13. The molecule has 0 aromatic heterocycles. The van der Waals surface area contributed by atoms with Gasteiger partial charge in [0.05, 0.1) is 0 Å². The van der Waals surface area contributed by atoms with Crippen molar-refractivity contribution in [2.75, 3.05) is 13.1 Å². The van der Waals surface area contributed by atoms with Crippen molar-refractivity contribution in [3.63, 3.8) is 0 Å². The van der Waals surface area contributed by atoms with Gasteiger partial charge in [-0.25, -0.2) is 0 Å². The topological polar surface area (TPSA) is 46.3 Å². The Hall–Kier alpha value is -1.35. The number of primary amides is 1.